The first-order chi connectivity index (χ1) is 18.0. The molecule has 7 rings (SSSR count). The van der Waals surface area contributed by atoms with Gasteiger partial charge in [-0.2, -0.15) is 0 Å². The monoisotopic (exact) mass is 459 g/mol. The highest BCUT2D eigenvalue weighted by atomic mass is 14.9. The number of fused-ring (bicyclic) bond motifs is 4. The van der Waals surface area contributed by atoms with Crippen LogP contribution in [0.3, 0.4) is 0 Å². The van der Waals surface area contributed by atoms with Gasteiger partial charge in [-0.05, 0) is 67.1 Å². The van der Waals surface area contributed by atoms with Crippen molar-refractivity contribution < 1.29 is 0 Å². The molecule has 1 nitrogen and oxygen atoms in total. The predicted molar refractivity (Wildman–Crippen MR) is 163 cm³/mol. The smallest absolute Gasteiger partial charge is 0.115 e. The lowest BCUT2D eigenvalue weighted by Crippen LogP contribution is -2.44. The van der Waals surface area contributed by atoms with Crippen LogP contribution in [0.2, 0.25) is 0 Å². The summed E-state index contributed by atoms with van der Waals surface area (Å²) in [7, 11) is 26.5. The zero-order valence-corrected chi connectivity index (χ0v) is 20.0. The fraction of sp³-hybridized carbons (Fsp3) is 0. The second-order valence-electron chi connectivity index (χ2n) is 9.53. The molecule has 0 saturated heterocycles. The molecule has 0 fully saturated rings. The van der Waals surface area contributed by atoms with E-state index in [1.54, 1.807) is 0 Å². The SMILES string of the molecule is [B]c1c([B])c(-c2cccc3ccccc23)c([B])c([B])c1Nc1ccc2c(c1)-c1cccc3cccc-2c13. The highest BCUT2D eigenvalue weighted by Crippen LogP contribution is 2.47. The molecule has 1 aliphatic carbocycles. The largest absolute Gasteiger partial charge is 0.357 e. The van der Waals surface area contributed by atoms with E-state index in [1.165, 1.54) is 33.0 Å². The number of hydrogen-bond acceptors (Lipinski definition) is 1. The summed E-state index contributed by atoms with van der Waals surface area (Å²) in [5, 5.41) is 8.06. The number of anilines is 2. The van der Waals surface area contributed by atoms with E-state index in [-0.39, 0.29) is 0 Å². The fourth-order valence-electron chi connectivity index (χ4n) is 5.71. The van der Waals surface area contributed by atoms with Gasteiger partial charge in [0, 0.05) is 11.4 Å². The second kappa shape index (κ2) is 8.21. The third-order valence-electron chi connectivity index (χ3n) is 7.49. The molecule has 0 aromatic heterocycles. The minimum atomic E-state index is 0.375. The molecular formula is C32H17B4N. The van der Waals surface area contributed by atoms with Crippen LogP contribution >= 0.6 is 0 Å². The molecule has 5 heteroatoms. The van der Waals surface area contributed by atoms with Gasteiger partial charge in [0.15, 0.2) is 0 Å². The van der Waals surface area contributed by atoms with Crippen LogP contribution in [0.25, 0.3) is 54.9 Å². The number of rotatable bonds is 3. The Morgan fingerprint density at radius 1 is 0.459 bits per heavy atom. The molecule has 37 heavy (non-hydrogen) atoms. The van der Waals surface area contributed by atoms with Crippen LogP contribution in [-0.4, -0.2) is 31.4 Å². The lowest BCUT2D eigenvalue weighted by Gasteiger charge is -2.24. The van der Waals surface area contributed by atoms with Crippen LogP contribution in [0, 0.1) is 0 Å². The number of hydrogen-bond donors (Lipinski definition) is 1. The van der Waals surface area contributed by atoms with Crippen molar-refractivity contribution in [1.29, 1.82) is 0 Å². The van der Waals surface area contributed by atoms with Crippen LogP contribution in [0.4, 0.5) is 11.4 Å². The van der Waals surface area contributed by atoms with Crippen molar-refractivity contribution in [1.82, 2.24) is 0 Å². The molecule has 8 radical (unpaired) electrons. The molecule has 0 spiro atoms. The second-order valence-corrected chi connectivity index (χ2v) is 9.53. The van der Waals surface area contributed by atoms with Gasteiger partial charge in [0.05, 0.1) is 0 Å². The third kappa shape index (κ3) is 3.23. The summed E-state index contributed by atoms with van der Waals surface area (Å²) in [6, 6.07) is 33.3. The zero-order chi connectivity index (χ0) is 25.3. The molecule has 1 aliphatic rings. The summed E-state index contributed by atoms with van der Waals surface area (Å²) in [5.74, 6) is 0. The van der Waals surface area contributed by atoms with E-state index in [9.17, 15) is 0 Å². The number of benzene rings is 6. The molecule has 6 aromatic rings. The molecule has 0 saturated carbocycles. The van der Waals surface area contributed by atoms with E-state index >= 15 is 0 Å². The number of nitrogens with one attached hydrogen (secondary N) is 1. The fourth-order valence-corrected chi connectivity index (χ4v) is 5.71. The van der Waals surface area contributed by atoms with Crippen molar-refractivity contribution >= 4 is 86.2 Å². The Bertz CT molecular complexity index is 1870. The van der Waals surface area contributed by atoms with Gasteiger partial charge in [-0.1, -0.05) is 107 Å². The standard InChI is InChI=1S/C32H17B4N/c33-28-27(22-11-3-7-17-6-1-2-10-20(17)22)29(34)31(36)32(30(28)35)37-19-14-15-21-23-12-4-8-18-9-5-13-24(26(18)23)25(21)16-19/h1-16,37H. The molecule has 0 bridgehead atoms. The predicted octanol–water partition coefficient (Wildman–Crippen LogP) is 4.23. The Hall–Kier alpha value is -4.10. The van der Waals surface area contributed by atoms with Crippen LogP contribution in [0.15, 0.2) is 97.1 Å². The summed E-state index contributed by atoms with van der Waals surface area (Å²) in [6.07, 6.45) is 0. The average molecular weight is 459 g/mol. The molecule has 0 aliphatic heterocycles. The molecule has 0 heterocycles. The van der Waals surface area contributed by atoms with E-state index in [2.05, 4.69) is 66.0 Å². The summed E-state index contributed by atoms with van der Waals surface area (Å²) < 4.78 is 0. The first kappa shape index (κ1) is 22.1. The van der Waals surface area contributed by atoms with Crippen LogP contribution in [-0.2, 0) is 0 Å². The molecule has 0 amide bonds. The van der Waals surface area contributed by atoms with Crippen molar-refractivity contribution in [2.24, 2.45) is 0 Å². The quantitative estimate of drug-likeness (QED) is 0.391. The van der Waals surface area contributed by atoms with Gasteiger partial charge in [0.25, 0.3) is 0 Å². The van der Waals surface area contributed by atoms with Crippen LogP contribution in [0.5, 0.6) is 0 Å². The van der Waals surface area contributed by atoms with E-state index in [0.29, 0.717) is 33.1 Å². The Labute approximate surface area is 221 Å². The molecule has 0 atom stereocenters. The highest BCUT2D eigenvalue weighted by molar-refractivity contribution is 6.63. The zero-order valence-electron chi connectivity index (χ0n) is 20.0. The lowest BCUT2D eigenvalue weighted by molar-refractivity contribution is 1.60. The van der Waals surface area contributed by atoms with Crippen molar-refractivity contribution in [3.8, 4) is 33.4 Å². The Morgan fingerprint density at radius 3 is 1.78 bits per heavy atom. The van der Waals surface area contributed by atoms with Gasteiger partial charge in [0.2, 0.25) is 0 Å². The van der Waals surface area contributed by atoms with Crippen molar-refractivity contribution in [3.63, 3.8) is 0 Å². The summed E-state index contributed by atoms with van der Waals surface area (Å²) in [4.78, 5) is 0. The molecule has 0 unspecified atom stereocenters. The van der Waals surface area contributed by atoms with Gasteiger partial charge in [-0.3, -0.25) is 0 Å². The topological polar surface area (TPSA) is 12.0 Å². The average Bonchev–Trinajstić information content (AvgIpc) is 3.25. The Balaban J connectivity index is 1.35. The van der Waals surface area contributed by atoms with Gasteiger partial charge in [-0.25, -0.2) is 0 Å². The Morgan fingerprint density at radius 2 is 1.05 bits per heavy atom. The minimum Gasteiger partial charge on any atom is -0.357 e. The molecule has 162 valence electrons. The van der Waals surface area contributed by atoms with Gasteiger partial charge in [-0.15, -0.1) is 0 Å². The van der Waals surface area contributed by atoms with Gasteiger partial charge >= 0.3 is 0 Å². The first-order valence-corrected chi connectivity index (χ1v) is 12.2. The van der Waals surface area contributed by atoms with Crippen LogP contribution < -0.4 is 27.2 Å². The normalized spacial score (nSPS) is 11.7. The summed E-state index contributed by atoms with van der Waals surface area (Å²) >= 11 is 0. The van der Waals surface area contributed by atoms with Crippen molar-refractivity contribution in [2.75, 3.05) is 5.32 Å². The maximum Gasteiger partial charge on any atom is 0.115 e. The molecule has 6 aromatic carbocycles. The maximum atomic E-state index is 6.63. The third-order valence-corrected chi connectivity index (χ3v) is 7.49. The van der Waals surface area contributed by atoms with E-state index < -0.39 is 0 Å². The van der Waals surface area contributed by atoms with E-state index in [4.69, 9.17) is 31.4 Å². The van der Waals surface area contributed by atoms with Gasteiger partial charge in [0.1, 0.15) is 31.4 Å². The highest BCUT2D eigenvalue weighted by Gasteiger charge is 2.22. The Kier molecular flexibility index (Phi) is 4.91. The van der Waals surface area contributed by atoms with Crippen molar-refractivity contribution in [3.05, 3.63) is 97.1 Å². The summed E-state index contributed by atoms with van der Waals surface area (Å²) in [5.41, 5.74) is 9.36. The molecule has 1 N–H and O–H groups in total. The lowest BCUT2D eigenvalue weighted by atomic mass is 9.64. The minimum absolute atomic E-state index is 0.375. The van der Waals surface area contributed by atoms with Gasteiger partial charge < -0.3 is 5.32 Å². The maximum absolute atomic E-state index is 6.63. The first-order valence-electron chi connectivity index (χ1n) is 12.2. The van der Waals surface area contributed by atoms with E-state index in [1.807, 2.05) is 36.4 Å². The van der Waals surface area contributed by atoms with Crippen LogP contribution in [0.1, 0.15) is 0 Å². The van der Waals surface area contributed by atoms with E-state index in [0.717, 1.165) is 22.0 Å². The van der Waals surface area contributed by atoms with Crippen molar-refractivity contribution in [2.45, 2.75) is 0 Å². The molecular weight excluding hydrogens is 442 g/mol. The summed E-state index contributed by atoms with van der Waals surface area (Å²) in [6.45, 7) is 0.